The molecule has 20 heavy (non-hydrogen) atoms. The fourth-order valence-electron chi connectivity index (χ4n) is 3.64. The summed E-state index contributed by atoms with van der Waals surface area (Å²) >= 11 is 0. The molecular weight excluding hydrogens is 248 g/mol. The first-order valence-electron chi connectivity index (χ1n) is 7.94. The predicted molar refractivity (Wildman–Crippen MR) is 82.0 cm³/mol. The van der Waals surface area contributed by atoms with Gasteiger partial charge in [-0.1, -0.05) is 12.1 Å². The molecule has 2 fully saturated rings. The molecule has 1 aromatic rings. The van der Waals surface area contributed by atoms with Crippen LogP contribution in [0.4, 0.5) is 0 Å². The van der Waals surface area contributed by atoms with Crippen LogP contribution in [0.15, 0.2) is 24.3 Å². The summed E-state index contributed by atoms with van der Waals surface area (Å²) in [5, 5.41) is 3.49. The van der Waals surface area contributed by atoms with E-state index in [9.17, 15) is 0 Å². The van der Waals surface area contributed by atoms with E-state index in [1.54, 1.807) is 0 Å². The number of nitrogens with zero attached hydrogens (tertiary/aromatic N) is 1. The van der Waals surface area contributed by atoms with Crippen LogP contribution in [-0.4, -0.2) is 37.7 Å². The van der Waals surface area contributed by atoms with Crippen LogP contribution in [0.1, 0.15) is 31.7 Å². The van der Waals surface area contributed by atoms with Crippen LogP contribution >= 0.6 is 0 Å². The van der Waals surface area contributed by atoms with Crippen molar-refractivity contribution in [1.82, 2.24) is 10.2 Å². The van der Waals surface area contributed by atoms with Crippen LogP contribution < -0.4 is 10.1 Å². The van der Waals surface area contributed by atoms with Gasteiger partial charge in [-0.3, -0.25) is 4.90 Å². The Balaban J connectivity index is 1.56. The van der Waals surface area contributed by atoms with Gasteiger partial charge in [0.1, 0.15) is 5.75 Å². The van der Waals surface area contributed by atoms with Crippen molar-refractivity contribution in [2.45, 2.75) is 32.7 Å². The zero-order valence-corrected chi connectivity index (χ0v) is 12.5. The van der Waals surface area contributed by atoms with Gasteiger partial charge in [0.15, 0.2) is 0 Å². The van der Waals surface area contributed by atoms with Crippen LogP contribution in [0, 0.1) is 5.41 Å². The van der Waals surface area contributed by atoms with Crippen LogP contribution in [0.3, 0.4) is 0 Å². The van der Waals surface area contributed by atoms with Crippen molar-refractivity contribution in [2.75, 3.05) is 32.8 Å². The Kier molecular flexibility index (Phi) is 4.27. The molecule has 0 unspecified atom stereocenters. The number of benzene rings is 1. The summed E-state index contributed by atoms with van der Waals surface area (Å²) in [5.41, 5.74) is 2.01. The molecule has 2 saturated heterocycles. The van der Waals surface area contributed by atoms with Crippen LogP contribution in [0.5, 0.6) is 5.75 Å². The van der Waals surface area contributed by atoms with E-state index in [-0.39, 0.29) is 0 Å². The molecule has 2 heterocycles. The second-order valence-corrected chi connectivity index (χ2v) is 6.29. The van der Waals surface area contributed by atoms with Crippen molar-refractivity contribution in [3.63, 3.8) is 0 Å². The maximum Gasteiger partial charge on any atom is 0.119 e. The van der Waals surface area contributed by atoms with E-state index in [1.165, 1.54) is 51.0 Å². The first kappa shape index (κ1) is 13.9. The minimum absolute atomic E-state index is 0.608. The van der Waals surface area contributed by atoms with Crippen LogP contribution in [0.25, 0.3) is 0 Å². The molecule has 2 aliphatic rings. The van der Waals surface area contributed by atoms with Gasteiger partial charge in [0.25, 0.3) is 0 Å². The highest BCUT2D eigenvalue weighted by Crippen LogP contribution is 2.39. The highest BCUT2D eigenvalue weighted by Gasteiger charge is 2.38. The molecule has 0 atom stereocenters. The van der Waals surface area contributed by atoms with Gasteiger partial charge in [-0.15, -0.1) is 0 Å². The standard InChI is InChI=1S/C17H26N2O/c1-2-20-16-5-3-15(4-6-16)13-19-12-9-17(14-19)7-10-18-11-8-17/h3-6,18H,2,7-14H2,1H3. The molecule has 3 heteroatoms. The highest BCUT2D eigenvalue weighted by molar-refractivity contribution is 5.27. The molecule has 3 rings (SSSR count). The number of piperidine rings is 1. The SMILES string of the molecule is CCOc1ccc(CN2CCC3(CCNCC3)C2)cc1. The van der Waals surface area contributed by atoms with Gasteiger partial charge in [-0.05, 0) is 68.9 Å². The number of nitrogens with one attached hydrogen (secondary N) is 1. The molecule has 1 spiro atoms. The van der Waals surface area contributed by atoms with E-state index in [2.05, 4.69) is 34.5 Å². The van der Waals surface area contributed by atoms with Gasteiger partial charge in [-0.2, -0.15) is 0 Å². The quantitative estimate of drug-likeness (QED) is 0.913. The van der Waals surface area contributed by atoms with E-state index >= 15 is 0 Å². The van der Waals surface area contributed by atoms with E-state index in [4.69, 9.17) is 4.74 Å². The molecule has 3 nitrogen and oxygen atoms in total. The average molecular weight is 274 g/mol. The normalized spacial score (nSPS) is 22.2. The van der Waals surface area contributed by atoms with E-state index in [0.717, 1.165) is 18.9 Å². The summed E-state index contributed by atoms with van der Waals surface area (Å²) < 4.78 is 5.50. The molecule has 0 amide bonds. The summed E-state index contributed by atoms with van der Waals surface area (Å²) in [6.07, 6.45) is 4.09. The maximum atomic E-state index is 5.50. The van der Waals surface area contributed by atoms with Crippen molar-refractivity contribution in [3.8, 4) is 5.75 Å². The lowest BCUT2D eigenvalue weighted by molar-refractivity contribution is 0.194. The van der Waals surface area contributed by atoms with Crippen molar-refractivity contribution < 1.29 is 4.74 Å². The van der Waals surface area contributed by atoms with E-state index in [1.807, 2.05) is 6.92 Å². The predicted octanol–water partition coefficient (Wildman–Crippen LogP) is 2.66. The Hall–Kier alpha value is -1.06. The van der Waals surface area contributed by atoms with Crippen molar-refractivity contribution in [3.05, 3.63) is 29.8 Å². The lowest BCUT2D eigenvalue weighted by atomic mass is 9.78. The molecule has 0 saturated carbocycles. The summed E-state index contributed by atoms with van der Waals surface area (Å²) in [6, 6.07) is 8.60. The summed E-state index contributed by atoms with van der Waals surface area (Å²) in [5.74, 6) is 0.979. The van der Waals surface area contributed by atoms with Gasteiger partial charge >= 0.3 is 0 Å². The fraction of sp³-hybridized carbons (Fsp3) is 0.647. The second kappa shape index (κ2) is 6.15. The molecule has 1 aromatic carbocycles. The lowest BCUT2D eigenvalue weighted by Crippen LogP contribution is -2.38. The Bertz CT molecular complexity index is 423. The molecular formula is C17H26N2O. The van der Waals surface area contributed by atoms with Gasteiger partial charge in [0, 0.05) is 13.1 Å². The first-order valence-corrected chi connectivity index (χ1v) is 7.94. The largest absolute Gasteiger partial charge is 0.494 e. The monoisotopic (exact) mass is 274 g/mol. The third kappa shape index (κ3) is 3.15. The molecule has 0 radical (unpaired) electrons. The highest BCUT2D eigenvalue weighted by atomic mass is 16.5. The Labute approximate surface area is 122 Å². The Morgan fingerprint density at radius 2 is 1.90 bits per heavy atom. The number of likely N-dealkylation sites (tertiary alicyclic amines) is 1. The number of hydrogen-bond acceptors (Lipinski definition) is 3. The minimum atomic E-state index is 0.608. The van der Waals surface area contributed by atoms with Gasteiger partial charge in [0.05, 0.1) is 6.61 Å². The molecule has 0 aliphatic carbocycles. The van der Waals surface area contributed by atoms with Gasteiger partial charge < -0.3 is 10.1 Å². The molecule has 110 valence electrons. The van der Waals surface area contributed by atoms with Gasteiger partial charge in [-0.25, -0.2) is 0 Å². The summed E-state index contributed by atoms with van der Waals surface area (Å²) in [4.78, 5) is 2.63. The average Bonchev–Trinajstić information content (AvgIpc) is 2.85. The Morgan fingerprint density at radius 3 is 2.60 bits per heavy atom. The third-order valence-electron chi connectivity index (χ3n) is 4.82. The molecule has 0 bridgehead atoms. The minimum Gasteiger partial charge on any atom is -0.494 e. The van der Waals surface area contributed by atoms with Crippen molar-refractivity contribution in [2.24, 2.45) is 5.41 Å². The van der Waals surface area contributed by atoms with Crippen molar-refractivity contribution >= 4 is 0 Å². The van der Waals surface area contributed by atoms with Crippen LogP contribution in [0.2, 0.25) is 0 Å². The number of ether oxygens (including phenoxy) is 1. The fourth-order valence-corrected chi connectivity index (χ4v) is 3.64. The summed E-state index contributed by atoms with van der Waals surface area (Å²) in [7, 11) is 0. The Morgan fingerprint density at radius 1 is 1.15 bits per heavy atom. The molecule has 0 aromatic heterocycles. The zero-order chi connectivity index (χ0) is 13.8. The lowest BCUT2D eigenvalue weighted by Gasteiger charge is -2.33. The third-order valence-corrected chi connectivity index (χ3v) is 4.82. The summed E-state index contributed by atoms with van der Waals surface area (Å²) in [6.45, 7) is 8.79. The zero-order valence-electron chi connectivity index (χ0n) is 12.5. The molecule has 1 N–H and O–H groups in total. The number of hydrogen-bond donors (Lipinski definition) is 1. The van der Waals surface area contributed by atoms with E-state index in [0.29, 0.717) is 5.41 Å². The second-order valence-electron chi connectivity index (χ2n) is 6.29. The smallest absolute Gasteiger partial charge is 0.119 e. The van der Waals surface area contributed by atoms with Crippen molar-refractivity contribution in [1.29, 1.82) is 0 Å². The molecule has 2 aliphatic heterocycles. The topological polar surface area (TPSA) is 24.5 Å². The van der Waals surface area contributed by atoms with Crippen LogP contribution in [-0.2, 0) is 6.54 Å². The van der Waals surface area contributed by atoms with Gasteiger partial charge in [0.2, 0.25) is 0 Å². The van der Waals surface area contributed by atoms with E-state index < -0.39 is 0 Å². The number of rotatable bonds is 4. The first-order chi connectivity index (χ1) is 9.80. The maximum absolute atomic E-state index is 5.50.